The van der Waals surface area contributed by atoms with Gasteiger partial charge in [-0.05, 0) is 25.7 Å². The van der Waals surface area contributed by atoms with Crippen molar-refractivity contribution >= 4 is 12.0 Å². The summed E-state index contributed by atoms with van der Waals surface area (Å²) in [6.07, 6.45) is 4.67. The molecular formula is C14H28N2O3. The predicted molar refractivity (Wildman–Crippen MR) is 76.2 cm³/mol. The van der Waals surface area contributed by atoms with Crippen LogP contribution in [0.25, 0.3) is 0 Å². The quantitative estimate of drug-likeness (QED) is 0.604. The molecule has 112 valence electrons. The average Bonchev–Trinajstić information content (AvgIpc) is 2.40. The number of amides is 2. The van der Waals surface area contributed by atoms with Crippen LogP contribution in [0, 0.1) is 0 Å². The van der Waals surface area contributed by atoms with E-state index < -0.39 is 12.0 Å². The summed E-state index contributed by atoms with van der Waals surface area (Å²) in [6, 6.07) is -1.18. The Labute approximate surface area is 116 Å². The van der Waals surface area contributed by atoms with Gasteiger partial charge in [0.25, 0.3) is 0 Å². The molecule has 3 N–H and O–H groups in total. The van der Waals surface area contributed by atoms with E-state index in [0.717, 1.165) is 32.1 Å². The van der Waals surface area contributed by atoms with Gasteiger partial charge in [0.15, 0.2) is 0 Å². The first-order chi connectivity index (χ1) is 8.94. The molecule has 5 heteroatoms. The number of carbonyl (C=O) groups is 2. The largest absolute Gasteiger partial charge is 0.480 e. The molecule has 0 rings (SSSR count). The maximum absolute atomic E-state index is 11.9. The van der Waals surface area contributed by atoms with E-state index in [-0.39, 0.29) is 11.6 Å². The number of rotatable bonds is 9. The van der Waals surface area contributed by atoms with Crippen molar-refractivity contribution in [2.45, 2.75) is 77.8 Å². The van der Waals surface area contributed by atoms with Crippen LogP contribution in [-0.4, -0.2) is 28.7 Å². The standard InChI is InChI=1S/C14H28N2O3/c1-5-9-10-11(12(17)18)15-13(19)16-14(6-2,7-3)8-4/h11H,5-10H2,1-4H3,(H,17,18)(H2,15,16,19)/t11-/m0/s1. The number of carbonyl (C=O) groups excluding carboxylic acids is 1. The number of aliphatic carboxylic acids is 1. The zero-order chi connectivity index (χ0) is 14.9. The van der Waals surface area contributed by atoms with Gasteiger partial charge < -0.3 is 15.7 Å². The summed E-state index contributed by atoms with van der Waals surface area (Å²) >= 11 is 0. The number of hydrogen-bond donors (Lipinski definition) is 3. The molecule has 0 aromatic rings. The molecule has 0 radical (unpaired) electrons. The smallest absolute Gasteiger partial charge is 0.326 e. The third-order valence-corrected chi connectivity index (χ3v) is 3.86. The van der Waals surface area contributed by atoms with Crippen LogP contribution in [0.3, 0.4) is 0 Å². The van der Waals surface area contributed by atoms with E-state index in [1.165, 1.54) is 0 Å². The molecule has 0 fully saturated rings. The fraction of sp³-hybridized carbons (Fsp3) is 0.857. The summed E-state index contributed by atoms with van der Waals surface area (Å²) in [5, 5.41) is 14.6. The third kappa shape index (κ3) is 5.94. The Kier molecular flexibility index (Phi) is 8.19. The van der Waals surface area contributed by atoms with Gasteiger partial charge >= 0.3 is 12.0 Å². The van der Waals surface area contributed by atoms with Crippen molar-refractivity contribution in [3.63, 3.8) is 0 Å². The highest BCUT2D eigenvalue weighted by Gasteiger charge is 2.27. The van der Waals surface area contributed by atoms with Gasteiger partial charge in [-0.3, -0.25) is 0 Å². The Hall–Kier alpha value is -1.26. The first-order valence-electron chi connectivity index (χ1n) is 7.26. The van der Waals surface area contributed by atoms with Crippen molar-refractivity contribution in [3.05, 3.63) is 0 Å². The molecule has 2 amide bonds. The molecule has 1 atom stereocenters. The average molecular weight is 272 g/mol. The van der Waals surface area contributed by atoms with Crippen LogP contribution >= 0.6 is 0 Å². The van der Waals surface area contributed by atoms with Gasteiger partial charge in [0.1, 0.15) is 6.04 Å². The zero-order valence-electron chi connectivity index (χ0n) is 12.6. The van der Waals surface area contributed by atoms with E-state index in [4.69, 9.17) is 5.11 Å². The van der Waals surface area contributed by atoms with Gasteiger partial charge in [0.05, 0.1) is 0 Å². The van der Waals surface area contributed by atoms with Gasteiger partial charge in [-0.25, -0.2) is 9.59 Å². The lowest BCUT2D eigenvalue weighted by Crippen LogP contribution is -2.54. The Morgan fingerprint density at radius 1 is 1.11 bits per heavy atom. The maximum atomic E-state index is 11.9. The van der Waals surface area contributed by atoms with Crippen LogP contribution in [0.1, 0.15) is 66.2 Å². The van der Waals surface area contributed by atoms with E-state index >= 15 is 0 Å². The van der Waals surface area contributed by atoms with Crippen molar-refractivity contribution in [3.8, 4) is 0 Å². The summed E-state index contributed by atoms with van der Waals surface area (Å²) in [7, 11) is 0. The highest BCUT2D eigenvalue weighted by Crippen LogP contribution is 2.19. The van der Waals surface area contributed by atoms with Crippen LogP contribution in [0.4, 0.5) is 4.79 Å². The summed E-state index contributed by atoms with van der Waals surface area (Å²) in [4.78, 5) is 23.0. The minimum Gasteiger partial charge on any atom is -0.480 e. The van der Waals surface area contributed by atoms with Crippen molar-refractivity contribution in [2.24, 2.45) is 0 Å². The summed E-state index contributed by atoms with van der Waals surface area (Å²) in [5.41, 5.74) is -0.238. The normalized spacial score (nSPS) is 12.8. The van der Waals surface area contributed by atoms with Crippen LogP contribution in [0.2, 0.25) is 0 Å². The van der Waals surface area contributed by atoms with Crippen LogP contribution in [-0.2, 0) is 4.79 Å². The predicted octanol–water partition coefficient (Wildman–Crippen LogP) is 2.90. The second-order valence-electron chi connectivity index (χ2n) is 4.97. The first kappa shape index (κ1) is 17.7. The fourth-order valence-corrected chi connectivity index (χ4v) is 2.12. The van der Waals surface area contributed by atoms with Crippen LogP contribution in [0.15, 0.2) is 0 Å². The fourth-order valence-electron chi connectivity index (χ4n) is 2.12. The van der Waals surface area contributed by atoms with Gasteiger partial charge in [0.2, 0.25) is 0 Å². The van der Waals surface area contributed by atoms with E-state index in [1.54, 1.807) is 0 Å². The molecule has 19 heavy (non-hydrogen) atoms. The maximum Gasteiger partial charge on any atom is 0.326 e. The molecule has 0 aromatic heterocycles. The molecule has 0 aromatic carbocycles. The summed E-state index contributed by atoms with van der Waals surface area (Å²) < 4.78 is 0. The monoisotopic (exact) mass is 272 g/mol. The van der Waals surface area contributed by atoms with E-state index in [2.05, 4.69) is 10.6 Å². The lowest BCUT2D eigenvalue weighted by atomic mass is 9.90. The number of carboxylic acid groups (broad SMARTS) is 1. The third-order valence-electron chi connectivity index (χ3n) is 3.86. The van der Waals surface area contributed by atoms with Gasteiger partial charge in [-0.2, -0.15) is 0 Å². The van der Waals surface area contributed by atoms with Gasteiger partial charge in [-0.15, -0.1) is 0 Å². The van der Waals surface area contributed by atoms with Crippen LogP contribution < -0.4 is 10.6 Å². The SMILES string of the molecule is CCCC[C@H](NC(=O)NC(CC)(CC)CC)C(=O)O. The van der Waals surface area contributed by atoms with Crippen molar-refractivity contribution < 1.29 is 14.7 Å². The highest BCUT2D eigenvalue weighted by atomic mass is 16.4. The Morgan fingerprint density at radius 3 is 2.00 bits per heavy atom. The molecule has 0 saturated carbocycles. The molecule has 0 aliphatic heterocycles. The Bertz CT molecular complexity index is 280. The minimum absolute atomic E-state index is 0.238. The second kappa shape index (κ2) is 8.77. The van der Waals surface area contributed by atoms with E-state index in [1.807, 2.05) is 27.7 Å². The number of unbranched alkanes of at least 4 members (excludes halogenated alkanes) is 1. The number of hydrogen-bond acceptors (Lipinski definition) is 2. The lowest BCUT2D eigenvalue weighted by molar-refractivity contribution is -0.139. The molecule has 0 aliphatic carbocycles. The van der Waals surface area contributed by atoms with Crippen molar-refractivity contribution in [2.75, 3.05) is 0 Å². The van der Waals surface area contributed by atoms with Gasteiger partial charge in [0, 0.05) is 5.54 Å². The molecule has 0 bridgehead atoms. The summed E-state index contributed by atoms with van der Waals surface area (Å²) in [6.45, 7) is 8.08. The Morgan fingerprint density at radius 2 is 1.63 bits per heavy atom. The molecule has 0 unspecified atom stereocenters. The topological polar surface area (TPSA) is 78.4 Å². The second-order valence-corrected chi connectivity index (χ2v) is 4.97. The highest BCUT2D eigenvalue weighted by molar-refractivity contribution is 5.82. The molecule has 0 saturated heterocycles. The molecule has 0 spiro atoms. The van der Waals surface area contributed by atoms with Crippen molar-refractivity contribution in [1.82, 2.24) is 10.6 Å². The van der Waals surface area contributed by atoms with Gasteiger partial charge in [-0.1, -0.05) is 40.5 Å². The van der Waals surface area contributed by atoms with E-state index in [0.29, 0.717) is 6.42 Å². The number of nitrogens with one attached hydrogen (secondary N) is 2. The number of carboxylic acids is 1. The summed E-state index contributed by atoms with van der Waals surface area (Å²) in [5.74, 6) is -0.973. The van der Waals surface area contributed by atoms with Crippen molar-refractivity contribution in [1.29, 1.82) is 0 Å². The Balaban J connectivity index is 4.51. The zero-order valence-corrected chi connectivity index (χ0v) is 12.6. The number of urea groups is 1. The molecule has 5 nitrogen and oxygen atoms in total. The molecular weight excluding hydrogens is 244 g/mol. The molecule has 0 heterocycles. The lowest BCUT2D eigenvalue weighted by Gasteiger charge is -2.32. The van der Waals surface area contributed by atoms with Crippen LogP contribution in [0.5, 0.6) is 0 Å². The first-order valence-corrected chi connectivity index (χ1v) is 7.26. The minimum atomic E-state index is -0.973. The van der Waals surface area contributed by atoms with E-state index in [9.17, 15) is 9.59 Å². The molecule has 0 aliphatic rings.